The van der Waals surface area contributed by atoms with E-state index in [1.165, 1.54) is 5.57 Å². The van der Waals surface area contributed by atoms with E-state index in [4.69, 9.17) is 4.74 Å². The van der Waals surface area contributed by atoms with Crippen molar-refractivity contribution in [1.82, 2.24) is 0 Å². The van der Waals surface area contributed by atoms with Gasteiger partial charge in [-0.05, 0) is 43.0 Å². The summed E-state index contributed by atoms with van der Waals surface area (Å²) in [5.74, 6) is 0.268. The van der Waals surface area contributed by atoms with Crippen LogP contribution in [0.3, 0.4) is 0 Å². The lowest BCUT2D eigenvalue weighted by Gasteiger charge is -2.06. The van der Waals surface area contributed by atoms with Gasteiger partial charge in [0.2, 0.25) is 0 Å². The second kappa shape index (κ2) is 6.24. The molecule has 2 heteroatoms. The number of carbonyl (C=O) groups excluding carboxylic acids is 1. The lowest BCUT2D eigenvalue weighted by Crippen LogP contribution is -2.04. The molecule has 0 saturated heterocycles. The minimum absolute atomic E-state index is 0.260. The molecule has 0 spiro atoms. The van der Waals surface area contributed by atoms with Crippen molar-refractivity contribution >= 4 is 11.5 Å². The van der Waals surface area contributed by atoms with Crippen molar-refractivity contribution in [2.24, 2.45) is 5.92 Å². The topological polar surface area (TPSA) is 26.3 Å². The molecular formula is C15H20O2. The number of benzene rings is 1. The number of ether oxygens (including phenoxy) is 1. The van der Waals surface area contributed by atoms with Gasteiger partial charge in [-0.2, -0.15) is 0 Å². The number of hydrogen-bond donors (Lipinski definition) is 0. The van der Waals surface area contributed by atoms with Gasteiger partial charge >= 0.3 is 5.97 Å². The standard InChI is InChI=1S/C15H20O2/c1-5-17-15(16)14-8-6-13(7-9-14)12(4)10-11(2)3/h6-11H,5H2,1-4H3/b12-10+. The zero-order valence-corrected chi connectivity index (χ0v) is 11.0. The summed E-state index contributed by atoms with van der Waals surface area (Å²) in [6.45, 7) is 8.60. The third kappa shape index (κ3) is 4.06. The first-order valence-corrected chi connectivity index (χ1v) is 6.00. The molecule has 0 atom stereocenters. The van der Waals surface area contributed by atoms with Crippen molar-refractivity contribution in [2.75, 3.05) is 6.61 Å². The SMILES string of the molecule is CCOC(=O)c1ccc(/C(C)=C/C(C)C)cc1. The number of carbonyl (C=O) groups is 1. The van der Waals surface area contributed by atoms with Gasteiger partial charge in [0.25, 0.3) is 0 Å². The van der Waals surface area contributed by atoms with Gasteiger partial charge in [0, 0.05) is 0 Å². The van der Waals surface area contributed by atoms with Gasteiger partial charge < -0.3 is 4.74 Å². The van der Waals surface area contributed by atoms with Crippen LogP contribution in [0.1, 0.15) is 43.6 Å². The molecule has 0 bridgehead atoms. The van der Waals surface area contributed by atoms with E-state index in [1.54, 1.807) is 0 Å². The largest absolute Gasteiger partial charge is 0.462 e. The van der Waals surface area contributed by atoms with Crippen molar-refractivity contribution in [2.45, 2.75) is 27.7 Å². The van der Waals surface area contributed by atoms with E-state index in [2.05, 4.69) is 26.8 Å². The van der Waals surface area contributed by atoms with Gasteiger partial charge in [-0.1, -0.05) is 32.1 Å². The first kappa shape index (κ1) is 13.5. The Balaban J connectivity index is 2.85. The predicted molar refractivity (Wildman–Crippen MR) is 70.9 cm³/mol. The van der Waals surface area contributed by atoms with Gasteiger partial charge in [-0.25, -0.2) is 4.79 Å². The number of rotatable bonds is 4. The molecule has 17 heavy (non-hydrogen) atoms. The minimum atomic E-state index is -0.260. The van der Waals surface area contributed by atoms with E-state index in [0.717, 1.165) is 5.56 Å². The molecule has 0 aliphatic carbocycles. The fourth-order valence-electron chi connectivity index (χ4n) is 1.68. The van der Waals surface area contributed by atoms with Crippen LogP contribution in [-0.2, 0) is 4.74 Å². The van der Waals surface area contributed by atoms with Crippen LogP contribution in [0, 0.1) is 5.92 Å². The highest BCUT2D eigenvalue weighted by molar-refractivity contribution is 5.89. The fourth-order valence-corrected chi connectivity index (χ4v) is 1.68. The Morgan fingerprint density at radius 1 is 1.24 bits per heavy atom. The second-order valence-electron chi connectivity index (χ2n) is 4.39. The normalized spacial score (nSPS) is 11.7. The van der Waals surface area contributed by atoms with E-state index < -0.39 is 0 Å². The summed E-state index contributed by atoms with van der Waals surface area (Å²) < 4.78 is 4.94. The number of hydrogen-bond acceptors (Lipinski definition) is 2. The maximum atomic E-state index is 11.5. The molecule has 0 heterocycles. The molecule has 1 aromatic rings. The lowest BCUT2D eigenvalue weighted by atomic mass is 10.0. The van der Waals surface area contributed by atoms with Crippen LogP contribution >= 0.6 is 0 Å². The first-order valence-electron chi connectivity index (χ1n) is 6.00. The zero-order valence-electron chi connectivity index (χ0n) is 11.0. The molecule has 0 unspecified atom stereocenters. The maximum Gasteiger partial charge on any atom is 0.338 e. The van der Waals surface area contributed by atoms with Crippen molar-refractivity contribution in [3.8, 4) is 0 Å². The highest BCUT2D eigenvalue weighted by atomic mass is 16.5. The molecule has 0 aliphatic heterocycles. The summed E-state index contributed by atoms with van der Waals surface area (Å²) in [4.78, 5) is 11.5. The number of esters is 1. The van der Waals surface area contributed by atoms with Gasteiger partial charge in [0.1, 0.15) is 0 Å². The molecule has 0 N–H and O–H groups in total. The average molecular weight is 232 g/mol. The van der Waals surface area contributed by atoms with E-state index in [-0.39, 0.29) is 5.97 Å². The van der Waals surface area contributed by atoms with Gasteiger partial charge in [-0.15, -0.1) is 0 Å². The molecule has 92 valence electrons. The molecule has 0 amide bonds. The molecule has 0 radical (unpaired) electrons. The third-order valence-corrected chi connectivity index (χ3v) is 2.43. The summed E-state index contributed by atoms with van der Waals surface area (Å²) in [5.41, 5.74) is 2.98. The van der Waals surface area contributed by atoms with E-state index in [9.17, 15) is 4.79 Å². The Hall–Kier alpha value is -1.57. The molecule has 0 saturated carbocycles. The van der Waals surface area contributed by atoms with Crippen molar-refractivity contribution < 1.29 is 9.53 Å². The Labute approximate surface area is 103 Å². The Morgan fingerprint density at radius 3 is 2.24 bits per heavy atom. The van der Waals surface area contributed by atoms with Crippen molar-refractivity contribution in [1.29, 1.82) is 0 Å². The molecule has 2 nitrogen and oxygen atoms in total. The van der Waals surface area contributed by atoms with Crippen LogP contribution in [0.25, 0.3) is 5.57 Å². The highest BCUT2D eigenvalue weighted by Crippen LogP contribution is 2.17. The van der Waals surface area contributed by atoms with Crippen LogP contribution in [0.5, 0.6) is 0 Å². The molecule has 1 aromatic carbocycles. The average Bonchev–Trinajstić information content (AvgIpc) is 2.28. The molecule has 0 fully saturated rings. The summed E-state index contributed by atoms with van der Waals surface area (Å²) >= 11 is 0. The van der Waals surface area contributed by atoms with Crippen LogP contribution in [0.2, 0.25) is 0 Å². The summed E-state index contributed by atoms with van der Waals surface area (Å²) in [6, 6.07) is 7.54. The lowest BCUT2D eigenvalue weighted by molar-refractivity contribution is 0.0526. The first-order chi connectivity index (χ1) is 8.04. The quantitative estimate of drug-likeness (QED) is 0.735. The molecule has 0 aliphatic rings. The monoisotopic (exact) mass is 232 g/mol. The summed E-state index contributed by atoms with van der Waals surface area (Å²) in [7, 11) is 0. The predicted octanol–water partition coefficient (Wildman–Crippen LogP) is 3.92. The molecule has 1 rings (SSSR count). The van der Waals surface area contributed by atoms with Crippen LogP contribution in [0.15, 0.2) is 30.3 Å². The minimum Gasteiger partial charge on any atom is -0.462 e. The smallest absolute Gasteiger partial charge is 0.338 e. The molecule has 0 aromatic heterocycles. The Kier molecular flexibility index (Phi) is 4.95. The van der Waals surface area contributed by atoms with Gasteiger partial charge in [0.15, 0.2) is 0 Å². The van der Waals surface area contributed by atoms with Crippen LogP contribution < -0.4 is 0 Å². The summed E-state index contributed by atoms with van der Waals surface area (Å²) in [5, 5.41) is 0. The maximum absolute atomic E-state index is 11.5. The van der Waals surface area contributed by atoms with E-state index >= 15 is 0 Å². The third-order valence-electron chi connectivity index (χ3n) is 2.43. The van der Waals surface area contributed by atoms with Crippen LogP contribution in [0.4, 0.5) is 0 Å². The Morgan fingerprint density at radius 2 is 1.76 bits per heavy atom. The number of allylic oxidation sites excluding steroid dienone is 2. The fraction of sp³-hybridized carbons (Fsp3) is 0.400. The van der Waals surface area contributed by atoms with Crippen molar-refractivity contribution in [3.63, 3.8) is 0 Å². The van der Waals surface area contributed by atoms with Gasteiger partial charge in [0.05, 0.1) is 12.2 Å². The van der Waals surface area contributed by atoms with Crippen LogP contribution in [-0.4, -0.2) is 12.6 Å². The zero-order chi connectivity index (χ0) is 12.8. The summed E-state index contributed by atoms with van der Waals surface area (Å²) in [6.07, 6.45) is 2.21. The highest BCUT2D eigenvalue weighted by Gasteiger charge is 2.05. The van der Waals surface area contributed by atoms with E-state index in [1.807, 2.05) is 31.2 Å². The van der Waals surface area contributed by atoms with Gasteiger partial charge in [-0.3, -0.25) is 0 Å². The molecular weight excluding hydrogens is 212 g/mol. The Bertz CT molecular complexity index is 399. The van der Waals surface area contributed by atoms with Crippen molar-refractivity contribution in [3.05, 3.63) is 41.5 Å². The second-order valence-corrected chi connectivity index (χ2v) is 4.39. The van der Waals surface area contributed by atoms with E-state index in [0.29, 0.717) is 18.1 Å².